The van der Waals surface area contributed by atoms with Crippen LogP contribution in [0, 0.1) is 0 Å². The molecule has 0 amide bonds. The molecule has 0 nitrogen and oxygen atoms in total. The first-order valence-corrected chi connectivity index (χ1v) is 5.63. The predicted molar refractivity (Wildman–Crippen MR) is 36.4 cm³/mol. The molecule has 0 saturated heterocycles. The van der Waals surface area contributed by atoms with E-state index in [4.69, 9.17) is 23.2 Å². The van der Waals surface area contributed by atoms with Crippen molar-refractivity contribution in [2.75, 3.05) is 0 Å². The van der Waals surface area contributed by atoms with Gasteiger partial charge in [-0.15, -0.1) is 0 Å². The third kappa shape index (κ3) is 7.37. The predicted octanol–water partition coefficient (Wildman–Crippen LogP) is 1.86. The van der Waals surface area contributed by atoms with Crippen LogP contribution >= 0.6 is 23.2 Å². The molecule has 0 aromatic carbocycles. The van der Waals surface area contributed by atoms with Crippen LogP contribution in [0.4, 0.5) is 0 Å². The molecule has 0 aliphatic rings. The Kier molecular flexibility index (Phi) is 5.10. The van der Waals surface area contributed by atoms with E-state index in [2.05, 4.69) is 0 Å². The zero-order chi connectivity index (χ0) is 5.86. The second kappa shape index (κ2) is 4.27. The minimum atomic E-state index is -0.119. The summed E-state index contributed by atoms with van der Waals surface area (Å²) in [5.74, 6) is 0. The second-order valence-electron chi connectivity index (χ2n) is 1.22. The number of rotatable bonds is 2. The van der Waals surface area contributed by atoms with Crippen LogP contribution in [0.3, 0.4) is 0 Å². The second-order valence-corrected chi connectivity index (χ2v) is 8.97. The van der Waals surface area contributed by atoms with E-state index in [1.54, 1.807) is 0 Å². The summed E-state index contributed by atoms with van der Waals surface area (Å²) in [5.41, 5.74) is 0. The Morgan fingerprint density at radius 3 is 1.43 bits per heavy atom. The van der Waals surface area contributed by atoms with Gasteiger partial charge in [0.05, 0.1) is 0 Å². The van der Waals surface area contributed by atoms with Gasteiger partial charge in [0.2, 0.25) is 0 Å². The van der Waals surface area contributed by atoms with Crippen molar-refractivity contribution in [1.29, 1.82) is 0 Å². The summed E-state index contributed by atoms with van der Waals surface area (Å²) < 4.78 is 0.691. The zero-order valence-corrected chi connectivity index (χ0v) is 8.16. The molecule has 0 N–H and O–H groups in total. The molecule has 0 heterocycles. The van der Waals surface area contributed by atoms with Crippen LogP contribution in [0.1, 0.15) is 13.8 Å². The van der Waals surface area contributed by atoms with Crippen LogP contribution in [0.25, 0.3) is 0 Å². The Bertz CT molecular complexity index is 39.0. The fraction of sp³-hybridized carbons (Fsp3) is 1.00. The molecule has 0 aliphatic heterocycles. The molecule has 2 atom stereocenters. The maximum atomic E-state index is 5.65. The molecule has 0 radical (unpaired) electrons. The summed E-state index contributed by atoms with van der Waals surface area (Å²) in [6.45, 7) is 4.01. The number of alkyl halides is 2. The topological polar surface area (TPSA) is 0 Å². The molecule has 3 heteroatoms. The fourth-order valence-corrected chi connectivity index (χ4v) is 4.16. The van der Waals surface area contributed by atoms with E-state index in [-0.39, 0.29) is 20.9 Å². The summed E-state index contributed by atoms with van der Waals surface area (Å²) >= 11 is 11.2. The van der Waals surface area contributed by atoms with E-state index in [9.17, 15) is 0 Å². The molecule has 0 aromatic rings. The minimum absolute atomic E-state index is 0.119. The van der Waals surface area contributed by atoms with Crippen LogP contribution in [-0.2, 0) is 0 Å². The summed E-state index contributed by atoms with van der Waals surface area (Å²) in [4.78, 5) is 0. The normalized spacial score (nSPS) is 18.9. The molecule has 0 bridgehead atoms. The third-order valence-electron chi connectivity index (χ3n) is 0.375. The van der Waals surface area contributed by atoms with Crippen molar-refractivity contribution in [1.82, 2.24) is 0 Å². The van der Waals surface area contributed by atoms with Crippen LogP contribution in [-0.4, -0.2) is 27.8 Å². The average Bonchev–Trinajstić information content (AvgIpc) is 1.27. The van der Waals surface area contributed by atoms with Crippen molar-refractivity contribution in [2.24, 2.45) is 0 Å². The van der Waals surface area contributed by atoms with E-state index >= 15 is 0 Å². The Hall–Kier alpha value is 1.37. The summed E-state index contributed by atoms with van der Waals surface area (Å²) in [6.07, 6.45) is 0. The molecule has 7 heavy (non-hydrogen) atoms. The van der Waals surface area contributed by atoms with Gasteiger partial charge in [-0.25, -0.2) is 0 Å². The van der Waals surface area contributed by atoms with Crippen LogP contribution in [0.15, 0.2) is 0 Å². The molecule has 0 aliphatic carbocycles. The van der Waals surface area contributed by atoms with Crippen molar-refractivity contribution in [3.05, 3.63) is 0 Å². The van der Waals surface area contributed by atoms with Gasteiger partial charge in [0, 0.05) is 0 Å². The molecular weight excluding hydrogens is 247 g/mol. The Morgan fingerprint density at radius 1 is 1.14 bits per heavy atom. The van der Waals surface area contributed by atoms with E-state index in [0.29, 0.717) is 6.85 Å². The quantitative estimate of drug-likeness (QED) is 0.521. The van der Waals surface area contributed by atoms with Crippen LogP contribution < -0.4 is 0 Å². The van der Waals surface area contributed by atoms with Crippen molar-refractivity contribution in [3.63, 3.8) is 0 Å². The number of hydrogen-bond donors (Lipinski definition) is 0. The van der Waals surface area contributed by atoms with E-state index in [1.807, 2.05) is 13.8 Å². The van der Waals surface area contributed by atoms with Crippen LogP contribution in [0.5, 0.6) is 0 Å². The monoisotopic (exact) mass is 256 g/mol. The van der Waals surface area contributed by atoms with Gasteiger partial charge < -0.3 is 0 Å². The van der Waals surface area contributed by atoms with Gasteiger partial charge in [0.15, 0.2) is 0 Å². The van der Waals surface area contributed by atoms with Gasteiger partial charge in [-0.1, -0.05) is 0 Å². The summed E-state index contributed by atoms with van der Waals surface area (Å²) in [6, 6.07) is 0. The standard InChI is InChI=1S/C4H8Cl2Te/c1-3(5)7-4(2)6/h3-4H,1-2H3. The summed E-state index contributed by atoms with van der Waals surface area (Å²) in [7, 11) is 0. The fourth-order valence-electron chi connectivity index (χ4n) is 0.258. The van der Waals surface area contributed by atoms with Crippen LogP contribution in [0.2, 0.25) is 0 Å². The molecular formula is C4H8Cl2Te. The first-order valence-electron chi connectivity index (χ1n) is 2.06. The molecule has 0 spiro atoms. The maximum absolute atomic E-state index is 5.65. The molecule has 0 saturated carbocycles. The van der Waals surface area contributed by atoms with Gasteiger partial charge in [-0.2, -0.15) is 0 Å². The summed E-state index contributed by atoms with van der Waals surface area (Å²) in [5, 5.41) is 0. The van der Waals surface area contributed by atoms with Gasteiger partial charge in [0.1, 0.15) is 0 Å². The van der Waals surface area contributed by atoms with Crippen molar-refractivity contribution in [3.8, 4) is 0 Å². The third-order valence-corrected chi connectivity index (χ3v) is 3.90. The first kappa shape index (κ1) is 8.37. The molecule has 2 unspecified atom stereocenters. The Morgan fingerprint density at radius 2 is 1.43 bits per heavy atom. The Labute approximate surface area is 64.6 Å². The van der Waals surface area contributed by atoms with Gasteiger partial charge >= 0.3 is 64.8 Å². The SMILES string of the molecule is CC(Cl)[Te]C(C)Cl. The number of halogens is 2. The molecule has 0 fully saturated rings. The van der Waals surface area contributed by atoms with E-state index in [1.165, 1.54) is 0 Å². The van der Waals surface area contributed by atoms with Gasteiger partial charge in [0.25, 0.3) is 0 Å². The molecule has 44 valence electrons. The zero-order valence-electron chi connectivity index (χ0n) is 4.32. The average molecular weight is 255 g/mol. The number of hydrogen-bond acceptors (Lipinski definition) is 0. The van der Waals surface area contributed by atoms with E-state index < -0.39 is 0 Å². The van der Waals surface area contributed by atoms with Gasteiger partial charge in [-0.3, -0.25) is 0 Å². The first-order chi connectivity index (χ1) is 3.13. The van der Waals surface area contributed by atoms with Crippen molar-refractivity contribution < 1.29 is 0 Å². The van der Waals surface area contributed by atoms with Crippen molar-refractivity contribution in [2.45, 2.75) is 20.7 Å². The molecule has 0 rings (SSSR count). The molecule has 0 aromatic heterocycles. The van der Waals surface area contributed by atoms with E-state index in [0.717, 1.165) is 0 Å². The Balaban J connectivity index is 2.95. The van der Waals surface area contributed by atoms with Gasteiger partial charge in [-0.05, 0) is 0 Å². The van der Waals surface area contributed by atoms with Crippen molar-refractivity contribution >= 4 is 44.1 Å².